The molecule has 0 bridgehead atoms. The van der Waals surface area contributed by atoms with E-state index in [0.717, 1.165) is 56.2 Å². The zero-order valence-corrected chi connectivity index (χ0v) is 24.0. The normalized spacial score (nSPS) is 17.8. The number of hydrogen-bond acceptors (Lipinski definition) is 4. The molecule has 1 atom stereocenters. The number of amides is 2. The molecule has 212 valence electrons. The summed E-state index contributed by atoms with van der Waals surface area (Å²) in [7, 11) is 0. The van der Waals surface area contributed by atoms with Crippen LogP contribution >= 0.6 is 0 Å². The molecule has 6 rings (SSSR count). The van der Waals surface area contributed by atoms with Crippen molar-refractivity contribution in [3.05, 3.63) is 53.6 Å². The van der Waals surface area contributed by atoms with E-state index >= 15 is 0 Å². The number of carbonyl (C=O) groups is 2. The molecule has 3 aromatic rings. The van der Waals surface area contributed by atoms with Crippen LogP contribution in [0.2, 0.25) is 0 Å². The summed E-state index contributed by atoms with van der Waals surface area (Å²) in [6.07, 6.45) is 11.8. The third kappa shape index (κ3) is 5.72. The molecule has 0 spiro atoms. The van der Waals surface area contributed by atoms with E-state index in [1.807, 2.05) is 26.0 Å². The van der Waals surface area contributed by atoms with Gasteiger partial charge in [-0.25, -0.2) is 0 Å². The summed E-state index contributed by atoms with van der Waals surface area (Å²) in [5, 5.41) is 18.6. The minimum absolute atomic E-state index is 0.0577. The van der Waals surface area contributed by atoms with Crippen LogP contribution in [0, 0.1) is 17.8 Å². The summed E-state index contributed by atoms with van der Waals surface area (Å²) in [5.41, 5.74) is 6.01. The van der Waals surface area contributed by atoms with Crippen molar-refractivity contribution in [1.82, 2.24) is 25.3 Å². The maximum absolute atomic E-state index is 13.8. The largest absolute Gasteiger partial charge is 0.339 e. The van der Waals surface area contributed by atoms with Gasteiger partial charge in [-0.3, -0.25) is 19.4 Å². The van der Waals surface area contributed by atoms with Gasteiger partial charge in [-0.2, -0.15) is 10.2 Å². The highest BCUT2D eigenvalue weighted by atomic mass is 16.2. The van der Waals surface area contributed by atoms with Crippen LogP contribution in [0.4, 0.5) is 5.69 Å². The van der Waals surface area contributed by atoms with Gasteiger partial charge in [0.25, 0.3) is 5.91 Å². The maximum atomic E-state index is 13.8. The number of aromatic amines is 1. The fourth-order valence-corrected chi connectivity index (χ4v) is 6.19. The molecule has 2 amide bonds. The van der Waals surface area contributed by atoms with E-state index in [0.29, 0.717) is 23.4 Å². The summed E-state index contributed by atoms with van der Waals surface area (Å²) in [4.78, 5) is 27.2. The number of nitrogens with zero attached hydrogens (tertiary/aromatic N) is 3. The fraction of sp³-hybridized carbons (Fsp3) is 0.562. The van der Waals surface area contributed by atoms with E-state index in [-0.39, 0.29) is 23.8 Å². The maximum Gasteiger partial charge on any atom is 0.270 e. The number of benzene rings is 1. The van der Waals surface area contributed by atoms with Crippen LogP contribution in [0.15, 0.2) is 36.5 Å². The summed E-state index contributed by atoms with van der Waals surface area (Å²) in [6, 6.07) is 9.37. The van der Waals surface area contributed by atoms with Crippen molar-refractivity contribution in [3.8, 4) is 11.1 Å². The standard InChI is InChI=1S/C32H42N6O2/c1-4-5-6-25-28(29(37-36-25)23-11-12-23)22-13-15-24(16-14-22)34-32(40)30(27(20-7-8-20)21-9-10-21)35-31(39)26-17-18-33-38(26)19(2)3/h13-21,23,27,30H,4-12H2,1-3H3,(H,34,40)(H,35,39)(H,36,37). The minimum Gasteiger partial charge on any atom is -0.339 e. The Morgan fingerprint density at radius 3 is 2.33 bits per heavy atom. The molecule has 8 heteroatoms. The first-order valence-corrected chi connectivity index (χ1v) is 15.3. The van der Waals surface area contributed by atoms with Crippen molar-refractivity contribution in [1.29, 1.82) is 0 Å². The lowest BCUT2D eigenvalue weighted by atomic mass is 9.88. The monoisotopic (exact) mass is 542 g/mol. The van der Waals surface area contributed by atoms with Crippen molar-refractivity contribution in [2.75, 3.05) is 5.32 Å². The van der Waals surface area contributed by atoms with E-state index in [4.69, 9.17) is 5.10 Å². The minimum atomic E-state index is -0.571. The molecule has 3 N–H and O–H groups in total. The number of rotatable bonds is 13. The van der Waals surface area contributed by atoms with Crippen LogP contribution in [0.25, 0.3) is 11.1 Å². The molecule has 3 aliphatic rings. The Labute approximate surface area is 236 Å². The lowest BCUT2D eigenvalue weighted by molar-refractivity contribution is -0.119. The Balaban J connectivity index is 1.21. The highest BCUT2D eigenvalue weighted by Gasteiger charge is 2.48. The molecule has 1 unspecified atom stereocenters. The molecule has 0 aliphatic heterocycles. The fourth-order valence-electron chi connectivity index (χ4n) is 6.19. The number of aromatic nitrogens is 4. The van der Waals surface area contributed by atoms with Gasteiger partial charge in [0, 0.05) is 35.1 Å². The Morgan fingerprint density at radius 2 is 1.73 bits per heavy atom. The van der Waals surface area contributed by atoms with E-state index in [1.165, 1.54) is 29.8 Å². The summed E-state index contributed by atoms with van der Waals surface area (Å²) in [5.74, 6) is 1.37. The Bertz CT molecular complexity index is 1330. The van der Waals surface area contributed by atoms with Gasteiger partial charge in [0.2, 0.25) is 5.91 Å². The highest BCUT2D eigenvalue weighted by Crippen LogP contribution is 2.51. The van der Waals surface area contributed by atoms with Crippen molar-refractivity contribution in [3.63, 3.8) is 0 Å². The average molecular weight is 543 g/mol. The molecule has 0 radical (unpaired) electrons. The van der Waals surface area contributed by atoms with Gasteiger partial charge in [-0.05, 0) is 107 Å². The van der Waals surface area contributed by atoms with E-state index in [1.54, 1.807) is 16.9 Å². The summed E-state index contributed by atoms with van der Waals surface area (Å²) < 4.78 is 1.72. The predicted octanol–water partition coefficient (Wildman–Crippen LogP) is 6.25. The molecule has 8 nitrogen and oxygen atoms in total. The highest BCUT2D eigenvalue weighted by molar-refractivity contribution is 6.01. The lowest BCUT2D eigenvalue weighted by Crippen LogP contribution is -2.50. The molecule has 3 fully saturated rings. The zero-order valence-electron chi connectivity index (χ0n) is 24.0. The topological polar surface area (TPSA) is 105 Å². The Morgan fingerprint density at radius 1 is 1.02 bits per heavy atom. The quantitative estimate of drug-likeness (QED) is 0.237. The third-order valence-corrected chi connectivity index (χ3v) is 8.73. The number of anilines is 1. The molecule has 1 aromatic carbocycles. The van der Waals surface area contributed by atoms with Crippen LogP contribution in [-0.2, 0) is 11.2 Å². The number of H-pyrrole nitrogens is 1. The van der Waals surface area contributed by atoms with Gasteiger partial charge >= 0.3 is 0 Å². The van der Waals surface area contributed by atoms with Crippen molar-refractivity contribution < 1.29 is 9.59 Å². The second-order valence-corrected chi connectivity index (χ2v) is 12.4. The molecular formula is C32H42N6O2. The van der Waals surface area contributed by atoms with Crippen LogP contribution in [0.5, 0.6) is 0 Å². The van der Waals surface area contributed by atoms with E-state index in [2.05, 4.69) is 39.9 Å². The number of aryl methyl sites for hydroxylation is 1. The van der Waals surface area contributed by atoms with Gasteiger partial charge in [0.1, 0.15) is 11.7 Å². The molecule has 40 heavy (non-hydrogen) atoms. The Kier molecular flexibility index (Phi) is 7.51. The molecule has 0 saturated heterocycles. The second-order valence-electron chi connectivity index (χ2n) is 12.4. The molecule has 3 saturated carbocycles. The summed E-state index contributed by atoms with van der Waals surface area (Å²) in [6.45, 7) is 6.21. The van der Waals surface area contributed by atoms with Crippen LogP contribution in [0.1, 0.15) is 106 Å². The van der Waals surface area contributed by atoms with Gasteiger partial charge in [0.15, 0.2) is 0 Å². The van der Waals surface area contributed by atoms with Crippen molar-refractivity contribution >= 4 is 17.5 Å². The SMILES string of the molecule is CCCCc1[nH]nc(C2CC2)c1-c1ccc(NC(=O)C(NC(=O)c2ccnn2C(C)C)C(C2CC2)C2CC2)cc1. The molecule has 2 aromatic heterocycles. The van der Waals surface area contributed by atoms with Gasteiger partial charge in [0.05, 0.1) is 5.69 Å². The van der Waals surface area contributed by atoms with E-state index in [9.17, 15) is 9.59 Å². The smallest absolute Gasteiger partial charge is 0.270 e. The van der Waals surface area contributed by atoms with Gasteiger partial charge in [-0.1, -0.05) is 25.5 Å². The lowest BCUT2D eigenvalue weighted by Gasteiger charge is -2.28. The number of unbranched alkanes of at least 4 members (excludes halogenated alkanes) is 1. The second kappa shape index (κ2) is 11.2. The molecule has 3 aliphatic carbocycles. The van der Waals surface area contributed by atoms with Crippen LogP contribution in [-0.4, -0.2) is 37.8 Å². The van der Waals surface area contributed by atoms with E-state index < -0.39 is 6.04 Å². The predicted molar refractivity (Wildman–Crippen MR) is 156 cm³/mol. The first-order chi connectivity index (χ1) is 19.4. The number of hydrogen-bond donors (Lipinski definition) is 3. The molecular weight excluding hydrogens is 500 g/mol. The first-order valence-electron chi connectivity index (χ1n) is 15.3. The summed E-state index contributed by atoms with van der Waals surface area (Å²) >= 11 is 0. The van der Waals surface area contributed by atoms with Crippen LogP contribution < -0.4 is 10.6 Å². The Hall–Kier alpha value is -3.42. The number of carbonyl (C=O) groups excluding carboxylic acids is 2. The zero-order chi connectivity index (χ0) is 27.8. The van der Waals surface area contributed by atoms with Gasteiger partial charge < -0.3 is 10.6 Å². The van der Waals surface area contributed by atoms with Gasteiger partial charge in [-0.15, -0.1) is 0 Å². The molecule has 2 heterocycles. The van der Waals surface area contributed by atoms with Crippen LogP contribution in [0.3, 0.4) is 0 Å². The van der Waals surface area contributed by atoms with Crippen molar-refractivity contribution in [2.45, 2.75) is 96.6 Å². The average Bonchev–Trinajstić information content (AvgIpc) is 3.87. The van der Waals surface area contributed by atoms with Crippen molar-refractivity contribution in [2.24, 2.45) is 17.8 Å². The third-order valence-electron chi connectivity index (χ3n) is 8.73. The first kappa shape index (κ1) is 26.8. The number of nitrogens with one attached hydrogen (secondary N) is 3.